The number of amides is 1. The number of carbonyl (C=O) groups is 1. The van der Waals surface area contributed by atoms with Crippen LogP contribution in [-0.4, -0.2) is 38.1 Å². The molecule has 1 aromatic heterocycles. The highest BCUT2D eigenvalue weighted by Crippen LogP contribution is 2.32. The van der Waals surface area contributed by atoms with Crippen LogP contribution in [0.5, 0.6) is 5.75 Å². The fraction of sp³-hybridized carbons (Fsp3) is 0.259. The molecule has 2 aromatic carbocycles. The quantitative estimate of drug-likeness (QED) is 0.456. The molecule has 1 amide bonds. The molecule has 0 aliphatic carbocycles. The number of nitrogens with zero attached hydrogens (tertiary/aromatic N) is 4. The zero-order valence-electron chi connectivity index (χ0n) is 20.3. The number of fused-ring (bicyclic) bond motifs is 2. The van der Waals surface area contributed by atoms with E-state index in [9.17, 15) is 4.79 Å². The predicted molar refractivity (Wildman–Crippen MR) is 143 cm³/mol. The zero-order valence-corrected chi connectivity index (χ0v) is 21.1. The summed E-state index contributed by atoms with van der Waals surface area (Å²) in [6.07, 6.45) is 2.52. The van der Waals surface area contributed by atoms with E-state index in [1.54, 1.807) is 6.08 Å². The lowest BCUT2D eigenvalue weighted by atomic mass is 10.1. The number of aliphatic imine (C=N–C) groups is 1. The van der Waals surface area contributed by atoms with Gasteiger partial charge in [0, 0.05) is 22.2 Å². The number of para-hydroxylation sites is 1. The Morgan fingerprint density at radius 1 is 1.14 bits per heavy atom. The van der Waals surface area contributed by atoms with Gasteiger partial charge >= 0.3 is 0 Å². The molecule has 0 radical (unpaired) electrons. The minimum absolute atomic E-state index is 0.0605. The molecule has 8 heteroatoms. The van der Waals surface area contributed by atoms with Gasteiger partial charge in [-0.15, -0.1) is 0 Å². The third-order valence-electron chi connectivity index (χ3n) is 6.27. The van der Waals surface area contributed by atoms with Gasteiger partial charge in [-0.05, 0) is 62.7 Å². The molecule has 0 atom stereocenters. The second-order valence-electron chi connectivity index (χ2n) is 8.65. The summed E-state index contributed by atoms with van der Waals surface area (Å²) in [7, 11) is 0. The topological polar surface area (TPSA) is 83.0 Å². The van der Waals surface area contributed by atoms with E-state index in [2.05, 4.69) is 46.7 Å². The van der Waals surface area contributed by atoms with Gasteiger partial charge in [0.2, 0.25) is 5.17 Å². The third kappa shape index (κ3) is 4.18. The maximum absolute atomic E-state index is 12.9. The van der Waals surface area contributed by atoms with Crippen molar-refractivity contribution in [3.05, 3.63) is 70.4 Å². The summed E-state index contributed by atoms with van der Waals surface area (Å²) in [5.41, 5.74) is 5.55. The Hall–Kier alpha value is -3.65. The highest BCUT2D eigenvalue weighted by atomic mass is 32.2. The average Bonchev–Trinajstić information content (AvgIpc) is 3.37. The van der Waals surface area contributed by atoms with E-state index < -0.39 is 5.91 Å². The summed E-state index contributed by atoms with van der Waals surface area (Å²) < 4.78 is 8.30. The summed E-state index contributed by atoms with van der Waals surface area (Å²) in [6.45, 7) is 9.33. The highest BCUT2D eigenvalue weighted by Gasteiger charge is 2.35. The van der Waals surface area contributed by atoms with Gasteiger partial charge in [-0.1, -0.05) is 42.8 Å². The van der Waals surface area contributed by atoms with Crippen LogP contribution in [0.25, 0.3) is 17.0 Å². The van der Waals surface area contributed by atoms with E-state index in [4.69, 9.17) is 10.1 Å². The van der Waals surface area contributed by atoms with Crippen LogP contribution in [-0.2, 0) is 11.3 Å². The van der Waals surface area contributed by atoms with E-state index in [-0.39, 0.29) is 11.4 Å². The highest BCUT2D eigenvalue weighted by molar-refractivity contribution is 8.26. The van der Waals surface area contributed by atoms with E-state index in [1.165, 1.54) is 22.3 Å². The molecule has 2 aliphatic rings. The van der Waals surface area contributed by atoms with Gasteiger partial charge in [0.05, 0.1) is 12.1 Å². The molecule has 2 aliphatic heterocycles. The number of aromatic nitrogens is 1. The van der Waals surface area contributed by atoms with Crippen molar-refractivity contribution in [2.24, 2.45) is 10.1 Å². The monoisotopic (exact) mass is 485 g/mol. The first-order valence-corrected chi connectivity index (χ1v) is 12.5. The van der Waals surface area contributed by atoms with Crippen LogP contribution in [0.2, 0.25) is 0 Å². The minimum Gasteiger partial charge on any atom is -0.491 e. The fourth-order valence-corrected chi connectivity index (χ4v) is 5.28. The maximum atomic E-state index is 12.9. The first kappa shape index (κ1) is 23.1. The number of nitrogens with one attached hydrogen (secondary N) is 1. The van der Waals surface area contributed by atoms with E-state index >= 15 is 0 Å². The first-order valence-electron chi connectivity index (χ1n) is 11.6. The number of hydrogen-bond acceptors (Lipinski definition) is 5. The molecule has 7 nitrogen and oxygen atoms in total. The largest absolute Gasteiger partial charge is 0.491 e. The van der Waals surface area contributed by atoms with Crippen molar-refractivity contribution >= 4 is 50.7 Å². The van der Waals surface area contributed by atoms with Crippen LogP contribution in [0.4, 0.5) is 0 Å². The number of carbonyl (C=O) groups excluding carboxylic acids is 1. The minimum atomic E-state index is -0.407. The van der Waals surface area contributed by atoms with Gasteiger partial charge in [-0.25, -0.2) is 0 Å². The molecule has 3 aromatic rings. The molecule has 35 heavy (non-hydrogen) atoms. The Balaban J connectivity index is 1.47. The van der Waals surface area contributed by atoms with E-state index in [0.717, 1.165) is 44.9 Å². The maximum Gasteiger partial charge on any atom is 0.283 e. The van der Waals surface area contributed by atoms with Crippen molar-refractivity contribution in [1.29, 1.82) is 5.41 Å². The van der Waals surface area contributed by atoms with Crippen LogP contribution in [0.3, 0.4) is 0 Å². The van der Waals surface area contributed by atoms with Gasteiger partial charge in [0.15, 0.2) is 5.84 Å². The summed E-state index contributed by atoms with van der Waals surface area (Å²) >= 11 is 1.35. The standard InChI is InChI=1S/C27H27N5O2S/c1-5-24-30-32-25(28)21(26(33)29-27(32)35-24)15-20-18(4)31(22-9-7-6-8-19(20)22)12-13-34-23-11-10-16(2)14-17(23)3/h6-11,14-15,28H,5,12-13H2,1-4H3/b21-15-,28-25?. The van der Waals surface area contributed by atoms with Crippen molar-refractivity contribution in [2.75, 3.05) is 6.61 Å². The van der Waals surface area contributed by atoms with Crippen molar-refractivity contribution in [1.82, 2.24) is 9.58 Å². The van der Waals surface area contributed by atoms with Crippen molar-refractivity contribution in [3.8, 4) is 5.75 Å². The van der Waals surface area contributed by atoms with E-state index in [0.29, 0.717) is 18.3 Å². The summed E-state index contributed by atoms with van der Waals surface area (Å²) in [4.78, 5) is 17.1. The molecule has 178 valence electrons. The third-order valence-corrected chi connectivity index (χ3v) is 7.32. The lowest BCUT2D eigenvalue weighted by Crippen LogP contribution is -2.35. The molecule has 0 fully saturated rings. The second kappa shape index (κ2) is 9.19. The van der Waals surface area contributed by atoms with Crippen LogP contribution in [0.1, 0.15) is 35.7 Å². The Bertz CT molecular complexity index is 1460. The molecule has 3 heterocycles. The molecule has 0 unspecified atom stereocenters. The molecule has 0 spiro atoms. The molecule has 5 rings (SSSR count). The van der Waals surface area contributed by atoms with Crippen LogP contribution < -0.4 is 4.74 Å². The van der Waals surface area contributed by atoms with Gasteiger partial charge in [-0.2, -0.15) is 15.1 Å². The Morgan fingerprint density at radius 3 is 2.71 bits per heavy atom. The number of hydrogen-bond donors (Lipinski definition) is 1. The summed E-state index contributed by atoms with van der Waals surface area (Å²) in [6, 6.07) is 14.3. The zero-order chi connectivity index (χ0) is 24.7. The Morgan fingerprint density at radius 2 is 1.94 bits per heavy atom. The van der Waals surface area contributed by atoms with Crippen molar-refractivity contribution < 1.29 is 9.53 Å². The summed E-state index contributed by atoms with van der Waals surface area (Å²) in [5.74, 6) is 0.540. The number of aryl methyl sites for hydroxylation is 2. The van der Waals surface area contributed by atoms with Crippen LogP contribution >= 0.6 is 11.8 Å². The van der Waals surface area contributed by atoms with Crippen LogP contribution in [0.15, 0.2) is 58.1 Å². The normalized spacial score (nSPS) is 16.7. The lowest BCUT2D eigenvalue weighted by Gasteiger charge is -2.20. The number of ether oxygens (including phenoxy) is 1. The molecule has 0 bridgehead atoms. The SMILES string of the molecule is CCC1=NN2C(=N)/C(=C/c3c(C)n(CCOc4ccc(C)cc4C)c4ccccc34)C(=O)N=C2S1. The van der Waals surface area contributed by atoms with Gasteiger partial charge < -0.3 is 9.30 Å². The second-order valence-corrected chi connectivity index (χ2v) is 9.69. The number of benzene rings is 2. The van der Waals surface area contributed by atoms with Crippen molar-refractivity contribution in [2.45, 2.75) is 40.7 Å². The number of thioether (sulfide) groups is 1. The van der Waals surface area contributed by atoms with Gasteiger partial charge in [-0.3, -0.25) is 10.2 Å². The van der Waals surface area contributed by atoms with Crippen molar-refractivity contribution in [3.63, 3.8) is 0 Å². The predicted octanol–water partition coefficient (Wildman–Crippen LogP) is 5.67. The molecule has 0 saturated carbocycles. The summed E-state index contributed by atoms with van der Waals surface area (Å²) in [5, 5.41) is 16.9. The molecular formula is C27H27N5O2S. The Labute approximate surface area is 208 Å². The molecule has 0 saturated heterocycles. The van der Waals surface area contributed by atoms with Gasteiger partial charge in [0.25, 0.3) is 5.91 Å². The average molecular weight is 486 g/mol. The fourth-order valence-electron chi connectivity index (χ4n) is 4.46. The first-order chi connectivity index (χ1) is 16.9. The van der Waals surface area contributed by atoms with E-state index in [1.807, 2.05) is 38.1 Å². The lowest BCUT2D eigenvalue weighted by molar-refractivity contribution is -0.114. The smallest absolute Gasteiger partial charge is 0.283 e. The number of hydrazone groups is 1. The van der Waals surface area contributed by atoms with Gasteiger partial charge in [0.1, 0.15) is 17.4 Å². The number of amidine groups is 2. The Kier molecular flexibility index (Phi) is 6.06. The molecular weight excluding hydrogens is 458 g/mol. The number of rotatable bonds is 6. The van der Waals surface area contributed by atoms with Crippen LogP contribution in [0, 0.1) is 26.2 Å². The molecule has 1 N–H and O–H groups in total.